The van der Waals surface area contributed by atoms with Gasteiger partial charge in [-0.2, -0.15) is 0 Å². The molecule has 0 unspecified atom stereocenters. The summed E-state index contributed by atoms with van der Waals surface area (Å²) < 4.78 is 4.92. The van der Waals surface area contributed by atoms with Crippen molar-refractivity contribution in [3.63, 3.8) is 0 Å². The van der Waals surface area contributed by atoms with E-state index in [-0.39, 0.29) is 36.7 Å². The van der Waals surface area contributed by atoms with Crippen molar-refractivity contribution in [2.45, 2.75) is 0 Å². The first kappa shape index (κ1) is 16.1. The number of benzene rings is 1. The van der Waals surface area contributed by atoms with E-state index in [2.05, 4.69) is 5.32 Å². The van der Waals surface area contributed by atoms with Crippen molar-refractivity contribution >= 4 is 24.0 Å². The lowest BCUT2D eigenvalue weighted by molar-refractivity contribution is -0.385. The number of amides is 1. The van der Waals surface area contributed by atoms with Crippen LogP contribution in [0.4, 0.5) is 5.69 Å². The number of methoxy groups -OCH3 is 1. The van der Waals surface area contributed by atoms with Crippen LogP contribution in [0.25, 0.3) is 0 Å². The average molecular weight is 276 g/mol. The average Bonchev–Trinajstić information content (AvgIpc) is 2.34. The molecule has 0 aliphatic rings. The highest BCUT2D eigenvalue weighted by molar-refractivity contribution is 5.98. The van der Waals surface area contributed by atoms with E-state index in [1.807, 2.05) is 0 Å². The lowest BCUT2D eigenvalue weighted by atomic mass is 10.1. The number of nitro benzene ring substituents is 1. The number of halogens is 1. The molecule has 0 aromatic heterocycles. The smallest absolute Gasteiger partial charge is 0.282 e. The highest BCUT2D eigenvalue weighted by atomic mass is 35.5. The minimum atomic E-state index is -0.614. The van der Waals surface area contributed by atoms with Crippen LogP contribution < -0.4 is 15.8 Å². The molecule has 18 heavy (non-hydrogen) atoms. The summed E-state index contributed by atoms with van der Waals surface area (Å²) in [5, 5.41) is 13.2. The molecule has 0 saturated heterocycles. The molecule has 0 atom stereocenters. The molecular formula is C10H14ClN3O4. The summed E-state index contributed by atoms with van der Waals surface area (Å²) in [4.78, 5) is 21.8. The second-order valence-electron chi connectivity index (χ2n) is 3.18. The number of nitrogens with zero attached hydrogens (tertiary/aromatic N) is 1. The van der Waals surface area contributed by atoms with Crippen molar-refractivity contribution in [1.29, 1.82) is 0 Å². The molecule has 0 bridgehead atoms. The Morgan fingerprint density at radius 1 is 1.56 bits per heavy atom. The van der Waals surface area contributed by atoms with Gasteiger partial charge >= 0.3 is 0 Å². The predicted octanol–water partition coefficient (Wildman–Crippen LogP) is 0.714. The zero-order valence-electron chi connectivity index (χ0n) is 9.71. The Morgan fingerprint density at radius 3 is 2.72 bits per heavy atom. The van der Waals surface area contributed by atoms with Crippen molar-refractivity contribution in [3.05, 3.63) is 33.9 Å². The number of hydrogen-bond acceptors (Lipinski definition) is 5. The predicted molar refractivity (Wildman–Crippen MR) is 68.3 cm³/mol. The van der Waals surface area contributed by atoms with Crippen LogP contribution in [-0.4, -0.2) is 31.0 Å². The van der Waals surface area contributed by atoms with E-state index in [0.717, 1.165) is 0 Å². The number of ether oxygens (including phenoxy) is 1. The minimum absolute atomic E-state index is 0. The molecule has 0 saturated carbocycles. The van der Waals surface area contributed by atoms with Gasteiger partial charge in [0.05, 0.1) is 12.0 Å². The zero-order chi connectivity index (χ0) is 12.8. The summed E-state index contributed by atoms with van der Waals surface area (Å²) in [6.45, 7) is 0.525. The Labute approximate surface area is 110 Å². The molecule has 0 spiro atoms. The van der Waals surface area contributed by atoms with Gasteiger partial charge in [0.15, 0.2) is 0 Å². The highest BCUT2D eigenvalue weighted by Crippen LogP contribution is 2.23. The Bertz CT molecular complexity index is 439. The highest BCUT2D eigenvalue weighted by Gasteiger charge is 2.20. The van der Waals surface area contributed by atoms with Crippen LogP contribution >= 0.6 is 12.4 Å². The second kappa shape index (κ2) is 7.46. The molecule has 1 amide bonds. The molecule has 0 aliphatic carbocycles. The summed E-state index contributed by atoms with van der Waals surface area (Å²) in [5.74, 6) is -0.158. The number of carbonyl (C=O) groups excluding carboxylic acids is 1. The molecule has 7 nitrogen and oxygen atoms in total. The molecule has 3 N–H and O–H groups in total. The van der Waals surface area contributed by atoms with Gasteiger partial charge in [0.2, 0.25) is 0 Å². The number of nitrogens with two attached hydrogens (primary N) is 1. The van der Waals surface area contributed by atoms with E-state index in [0.29, 0.717) is 5.75 Å². The van der Waals surface area contributed by atoms with E-state index in [1.165, 1.54) is 25.3 Å². The first-order valence-electron chi connectivity index (χ1n) is 4.91. The number of nitrogens with one attached hydrogen (secondary N) is 1. The number of rotatable bonds is 5. The molecule has 0 radical (unpaired) electrons. The molecule has 0 heterocycles. The molecular weight excluding hydrogens is 262 g/mol. The van der Waals surface area contributed by atoms with Gasteiger partial charge in [-0.3, -0.25) is 14.9 Å². The fraction of sp³-hybridized carbons (Fsp3) is 0.300. The Balaban J connectivity index is 0.00000289. The van der Waals surface area contributed by atoms with Crippen LogP contribution in [0, 0.1) is 10.1 Å². The van der Waals surface area contributed by atoms with Crippen LogP contribution in [0.15, 0.2) is 18.2 Å². The number of nitro groups is 1. The van der Waals surface area contributed by atoms with Gasteiger partial charge in [-0.05, 0) is 12.1 Å². The monoisotopic (exact) mass is 275 g/mol. The normalized spacial score (nSPS) is 9.22. The number of hydrogen-bond donors (Lipinski definition) is 2. The van der Waals surface area contributed by atoms with Gasteiger partial charge in [-0.25, -0.2) is 0 Å². The van der Waals surface area contributed by atoms with Crippen molar-refractivity contribution in [1.82, 2.24) is 5.32 Å². The van der Waals surface area contributed by atoms with E-state index >= 15 is 0 Å². The Hall–Kier alpha value is -1.86. The van der Waals surface area contributed by atoms with E-state index < -0.39 is 10.8 Å². The fourth-order valence-electron chi connectivity index (χ4n) is 1.26. The third-order valence-electron chi connectivity index (χ3n) is 2.07. The van der Waals surface area contributed by atoms with Crippen molar-refractivity contribution in [2.75, 3.05) is 20.2 Å². The standard InChI is InChI=1S/C10H13N3O4.ClH/c1-17-7-2-3-9(13(15)16)8(6-7)10(14)12-5-4-11;/h2-3,6H,4-5,11H2,1H3,(H,12,14);1H. The Kier molecular flexibility index (Phi) is 6.69. The van der Waals surface area contributed by atoms with Crippen molar-refractivity contribution < 1.29 is 14.5 Å². The SMILES string of the molecule is COc1ccc([N+](=O)[O-])c(C(=O)NCCN)c1.Cl. The molecule has 100 valence electrons. The van der Waals surface area contributed by atoms with Gasteiger partial charge in [-0.15, -0.1) is 12.4 Å². The van der Waals surface area contributed by atoms with Crippen LogP contribution in [0.1, 0.15) is 10.4 Å². The molecule has 8 heteroatoms. The quantitative estimate of drug-likeness (QED) is 0.608. The lowest BCUT2D eigenvalue weighted by Crippen LogP contribution is -2.29. The summed E-state index contributed by atoms with van der Waals surface area (Å²) in [7, 11) is 1.42. The summed E-state index contributed by atoms with van der Waals surface area (Å²) >= 11 is 0. The molecule has 1 aromatic carbocycles. The summed E-state index contributed by atoms with van der Waals surface area (Å²) in [6, 6.07) is 3.98. The maximum atomic E-state index is 11.7. The van der Waals surface area contributed by atoms with Crippen LogP contribution in [0.2, 0.25) is 0 Å². The van der Waals surface area contributed by atoms with Crippen LogP contribution in [0.3, 0.4) is 0 Å². The maximum absolute atomic E-state index is 11.7. The first-order valence-corrected chi connectivity index (χ1v) is 4.91. The largest absolute Gasteiger partial charge is 0.497 e. The lowest BCUT2D eigenvalue weighted by Gasteiger charge is -2.06. The molecule has 0 fully saturated rings. The van der Waals surface area contributed by atoms with Crippen molar-refractivity contribution in [3.8, 4) is 5.75 Å². The van der Waals surface area contributed by atoms with E-state index in [1.54, 1.807) is 0 Å². The van der Waals surface area contributed by atoms with Crippen LogP contribution in [-0.2, 0) is 0 Å². The number of carbonyl (C=O) groups is 1. The third kappa shape index (κ3) is 3.86. The second-order valence-corrected chi connectivity index (χ2v) is 3.18. The molecule has 1 aromatic rings. The van der Waals surface area contributed by atoms with E-state index in [9.17, 15) is 14.9 Å². The van der Waals surface area contributed by atoms with Gasteiger partial charge < -0.3 is 15.8 Å². The Morgan fingerprint density at radius 2 is 2.22 bits per heavy atom. The van der Waals surface area contributed by atoms with Crippen LogP contribution in [0.5, 0.6) is 5.75 Å². The van der Waals surface area contributed by atoms with Crippen molar-refractivity contribution in [2.24, 2.45) is 5.73 Å². The zero-order valence-corrected chi connectivity index (χ0v) is 10.5. The van der Waals surface area contributed by atoms with Gasteiger partial charge in [-0.1, -0.05) is 0 Å². The van der Waals surface area contributed by atoms with Gasteiger partial charge in [0.1, 0.15) is 11.3 Å². The van der Waals surface area contributed by atoms with E-state index in [4.69, 9.17) is 10.5 Å². The minimum Gasteiger partial charge on any atom is -0.497 e. The topological polar surface area (TPSA) is 107 Å². The van der Waals surface area contributed by atoms with Gasteiger partial charge in [0, 0.05) is 19.2 Å². The summed E-state index contributed by atoms with van der Waals surface area (Å²) in [6.07, 6.45) is 0. The third-order valence-corrected chi connectivity index (χ3v) is 2.07. The molecule has 1 rings (SSSR count). The first-order chi connectivity index (χ1) is 8.10. The maximum Gasteiger partial charge on any atom is 0.282 e. The van der Waals surface area contributed by atoms with Gasteiger partial charge in [0.25, 0.3) is 11.6 Å². The summed E-state index contributed by atoms with van der Waals surface area (Å²) in [5.41, 5.74) is 4.93. The molecule has 0 aliphatic heterocycles. The fourth-order valence-corrected chi connectivity index (χ4v) is 1.26.